The Morgan fingerprint density at radius 2 is 1.75 bits per heavy atom. The zero-order valence-electron chi connectivity index (χ0n) is 10.1. The average Bonchev–Trinajstić information content (AvgIpc) is 2.38. The number of nitrogens with two attached hydrogens (primary N) is 1. The van der Waals surface area contributed by atoms with Crippen molar-refractivity contribution in [1.29, 1.82) is 0 Å². The van der Waals surface area contributed by atoms with Crippen LogP contribution in [0.25, 0.3) is 0 Å². The van der Waals surface area contributed by atoms with E-state index < -0.39 is 23.5 Å². The Morgan fingerprint density at radius 1 is 1.05 bits per heavy atom. The Morgan fingerprint density at radius 3 is 2.45 bits per heavy atom. The molecule has 0 aliphatic rings. The van der Waals surface area contributed by atoms with Crippen molar-refractivity contribution in [3.63, 3.8) is 0 Å². The van der Waals surface area contributed by atoms with E-state index in [0.717, 1.165) is 12.1 Å². The molecule has 0 fully saturated rings. The molecule has 0 aromatic heterocycles. The fourth-order valence-electron chi connectivity index (χ4n) is 1.87. The first-order valence-corrected chi connectivity index (χ1v) is 6.89. The second kappa shape index (κ2) is 6.16. The summed E-state index contributed by atoms with van der Waals surface area (Å²) in [5, 5.41) is -0.313. The molecule has 0 aliphatic carbocycles. The van der Waals surface area contributed by atoms with E-state index >= 15 is 0 Å². The highest BCUT2D eigenvalue weighted by molar-refractivity contribution is 9.10. The van der Waals surface area contributed by atoms with Gasteiger partial charge in [-0.3, -0.25) is 0 Å². The minimum Gasteiger partial charge on any atom is -0.324 e. The average molecular weight is 365 g/mol. The van der Waals surface area contributed by atoms with Crippen molar-refractivity contribution in [2.75, 3.05) is 0 Å². The predicted octanol–water partition coefficient (Wildman–Crippen LogP) is 4.76. The number of hydrogen-bond donors (Lipinski definition) is 1. The first-order valence-electron chi connectivity index (χ1n) is 5.72. The molecule has 1 atom stereocenters. The lowest BCUT2D eigenvalue weighted by Crippen LogP contribution is -2.16. The maximum Gasteiger partial charge on any atom is 0.142 e. The summed E-state index contributed by atoms with van der Waals surface area (Å²) in [5.41, 5.74) is 6.12. The molecule has 0 heterocycles. The molecule has 2 N–H and O–H groups in total. The standard InChI is InChI=1S/C14H10BrClF3N/c15-8-1-2-11(17)7(3-8)4-14(20)9-5-13(19)10(16)6-12(9)18/h1-3,5-6,14H,4,20H2. The Kier molecular flexibility index (Phi) is 4.73. The fraction of sp³-hybridized carbons (Fsp3) is 0.143. The van der Waals surface area contributed by atoms with E-state index in [1.54, 1.807) is 12.1 Å². The van der Waals surface area contributed by atoms with Crippen LogP contribution in [-0.4, -0.2) is 0 Å². The topological polar surface area (TPSA) is 26.0 Å². The number of hydrogen-bond acceptors (Lipinski definition) is 1. The Balaban J connectivity index is 2.30. The summed E-state index contributed by atoms with van der Waals surface area (Å²) in [6.07, 6.45) is 0.0449. The number of halogens is 5. The van der Waals surface area contributed by atoms with Gasteiger partial charge < -0.3 is 5.73 Å². The highest BCUT2D eigenvalue weighted by atomic mass is 79.9. The van der Waals surface area contributed by atoms with E-state index in [2.05, 4.69) is 15.9 Å². The SMILES string of the molecule is NC(Cc1cc(Br)ccc1F)c1cc(F)c(Cl)cc1F. The van der Waals surface area contributed by atoms with Crippen LogP contribution in [0.1, 0.15) is 17.2 Å². The van der Waals surface area contributed by atoms with Crippen molar-refractivity contribution in [2.45, 2.75) is 12.5 Å². The van der Waals surface area contributed by atoms with Crippen LogP contribution in [-0.2, 0) is 6.42 Å². The monoisotopic (exact) mass is 363 g/mol. The Bertz CT molecular complexity index is 649. The van der Waals surface area contributed by atoms with E-state index in [1.165, 1.54) is 6.07 Å². The van der Waals surface area contributed by atoms with Crippen LogP contribution in [0.5, 0.6) is 0 Å². The largest absolute Gasteiger partial charge is 0.324 e. The van der Waals surface area contributed by atoms with Crippen LogP contribution >= 0.6 is 27.5 Å². The Hall–Kier alpha value is -1.04. The van der Waals surface area contributed by atoms with Crippen molar-refractivity contribution in [3.05, 3.63) is 68.4 Å². The highest BCUT2D eigenvalue weighted by Gasteiger charge is 2.17. The van der Waals surface area contributed by atoms with E-state index in [4.69, 9.17) is 17.3 Å². The van der Waals surface area contributed by atoms with E-state index in [1.807, 2.05) is 0 Å². The third kappa shape index (κ3) is 3.34. The van der Waals surface area contributed by atoms with Crippen LogP contribution in [0.3, 0.4) is 0 Å². The zero-order valence-corrected chi connectivity index (χ0v) is 12.5. The van der Waals surface area contributed by atoms with Gasteiger partial charge in [-0.15, -0.1) is 0 Å². The molecule has 6 heteroatoms. The second-order valence-corrected chi connectivity index (χ2v) is 5.66. The normalized spacial score (nSPS) is 12.5. The third-order valence-corrected chi connectivity index (χ3v) is 3.67. The summed E-state index contributed by atoms with van der Waals surface area (Å²) in [7, 11) is 0. The summed E-state index contributed by atoms with van der Waals surface area (Å²) in [5.74, 6) is -1.91. The van der Waals surface area contributed by atoms with Gasteiger partial charge in [-0.1, -0.05) is 27.5 Å². The van der Waals surface area contributed by atoms with Crippen LogP contribution in [0.2, 0.25) is 5.02 Å². The lowest BCUT2D eigenvalue weighted by Gasteiger charge is -2.14. The lowest BCUT2D eigenvalue weighted by molar-refractivity contribution is 0.551. The van der Waals surface area contributed by atoms with Crippen molar-refractivity contribution in [1.82, 2.24) is 0 Å². The molecule has 106 valence electrons. The third-order valence-electron chi connectivity index (χ3n) is 2.89. The van der Waals surface area contributed by atoms with E-state index in [9.17, 15) is 13.2 Å². The molecule has 0 amide bonds. The first kappa shape index (κ1) is 15.4. The Labute approximate surface area is 127 Å². The van der Waals surface area contributed by atoms with Crippen LogP contribution in [0.15, 0.2) is 34.8 Å². The molecule has 0 radical (unpaired) electrons. The van der Waals surface area contributed by atoms with E-state index in [-0.39, 0.29) is 17.0 Å². The highest BCUT2D eigenvalue weighted by Crippen LogP contribution is 2.26. The molecule has 0 spiro atoms. The van der Waals surface area contributed by atoms with Gasteiger partial charge in [0, 0.05) is 16.1 Å². The van der Waals surface area contributed by atoms with Crippen molar-refractivity contribution < 1.29 is 13.2 Å². The zero-order chi connectivity index (χ0) is 14.9. The maximum absolute atomic E-state index is 13.7. The maximum atomic E-state index is 13.7. The number of benzene rings is 2. The van der Waals surface area contributed by atoms with Gasteiger partial charge in [0.15, 0.2) is 0 Å². The van der Waals surface area contributed by atoms with Gasteiger partial charge in [-0.2, -0.15) is 0 Å². The molecule has 2 rings (SSSR count). The van der Waals surface area contributed by atoms with Crippen molar-refractivity contribution in [3.8, 4) is 0 Å². The minimum atomic E-state index is -0.870. The molecule has 2 aromatic carbocycles. The molecule has 0 aliphatic heterocycles. The summed E-state index contributed by atoms with van der Waals surface area (Å²) in [6.45, 7) is 0. The van der Waals surface area contributed by atoms with Crippen molar-refractivity contribution >= 4 is 27.5 Å². The summed E-state index contributed by atoms with van der Waals surface area (Å²) in [6, 6.07) is 5.32. The quantitative estimate of drug-likeness (QED) is 0.781. The molecule has 20 heavy (non-hydrogen) atoms. The summed E-state index contributed by atoms with van der Waals surface area (Å²) < 4.78 is 41.4. The van der Waals surface area contributed by atoms with Gasteiger partial charge >= 0.3 is 0 Å². The first-order chi connectivity index (χ1) is 9.38. The molecular weight excluding hydrogens is 355 g/mol. The van der Waals surface area contributed by atoms with Gasteiger partial charge in [0.25, 0.3) is 0 Å². The second-order valence-electron chi connectivity index (χ2n) is 4.33. The van der Waals surface area contributed by atoms with Gasteiger partial charge in [0.05, 0.1) is 5.02 Å². The summed E-state index contributed by atoms with van der Waals surface area (Å²) in [4.78, 5) is 0. The molecule has 0 saturated carbocycles. The molecule has 1 nitrogen and oxygen atoms in total. The van der Waals surface area contributed by atoms with Crippen LogP contribution in [0.4, 0.5) is 13.2 Å². The van der Waals surface area contributed by atoms with Crippen LogP contribution in [0, 0.1) is 17.5 Å². The van der Waals surface area contributed by atoms with E-state index in [0.29, 0.717) is 10.0 Å². The molecule has 0 bridgehead atoms. The summed E-state index contributed by atoms with van der Waals surface area (Å²) >= 11 is 8.69. The van der Waals surface area contributed by atoms with Crippen molar-refractivity contribution in [2.24, 2.45) is 5.73 Å². The lowest BCUT2D eigenvalue weighted by atomic mass is 9.99. The number of rotatable bonds is 3. The molecular formula is C14H10BrClF3N. The molecule has 0 saturated heterocycles. The van der Waals surface area contributed by atoms with Gasteiger partial charge in [0.1, 0.15) is 17.5 Å². The van der Waals surface area contributed by atoms with Gasteiger partial charge in [-0.25, -0.2) is 13.2 Å². The fourth-order valence-corrected chi connectivity index (χ4v) is 2.43. The van der Waals surface area contributed by atoms with Gasteiger partial charge in [-0.05, 0) is 42.3 Å². The smallest absolute Gasteiger partial charge is 0.142 e. The van der Waals surface area contributed by atoms with Gasteiger partial charge in [0.2, 0.25) is 0 Å². The van der Waals surface area contributed by atoms with Crippen LogP contribution < -0.4 is 5.73 Å². The predicted molar refractivity (Wildman–Crippen MR) is 76.1 cm³/mol. The minimum absolute atomic E-state index is 0.0359. The molecule has 2 aromatic rings. The molecule has 1 unspecified atom stereocenters.